The van der Waals surface area contributed by atoms with Gasteiger partial charge in [-0.1, -0.05) is 17.7 Å². The van der Waals surface area contributed by atoms with Crippen molar-refractivity contribution < 1.29 is 18.4 Å². The normalized spacial score (nSPS) is 21.2. The van der Waals surface area contributed by atoms with E-state index in [0.717, 1.165) is 18.4 Å². The summed E-state index contributed by atoms with van der Waals surface area (Å²) >= 11 is 6.43. The molecule has 2 aliphatic heterocycles. The highest BCUT2D eigenvalue weighted by Crippen LogP contribution is 2.52. The number of fused-ring (bicyclic) bond motifs is 6. The number of pyridine rings is 1. The van der Waals surface area contributed by atoms with Crippen molar-refractivity contribution in [1.29, 1.82) is 0 Å². The van der Waals surface area contributed by atoms with Gasteiger partial charge in [0, 0.05) is 45.4 Å². The fourth-order valence-corrected chi connectivity index (χ4v) is 6.17. The first kappa shape index (κ1) is 22.2. The summed E-state index contributed by atoms with van der Waals surface area (Å²) in [4.78, 5) is 33.0. The van der Waals surface area contributed by atoms with E-state index in [4.69, 9.17) is 11.6 Å². The minimum absolute atomic E-state index is 0.0587. The van der Waals surface area contributed by atoms with Crippen LogP contribution in [0.5, 0.6) is 0 Å². The molecule has 3 heterocycles. The van der Waals surface area contributed by atoms with Crippen molar-refractivity contribution in [3.05, 3.63) is 99.7 Å². The third-order valence-corrected chi connectivity index (χ3v) is 8.03. The molecule has 3 unspecified atom stereocenters. The lowest BCUT2D eigenvalue weighted by atomic mass is 9.78. The highest BCUT2D eigenvalue weighted by Gasteiger charge is 2.47. The number of carbonyl (C=O) groups is 2. The predicted octanol–water partition coefficient (Wildman–Crippen LogP) is 6.30. The minimum atomic E-state index is -0.776. The number of carbonyl (C=O) groups excluding carboxylic acids is 2. The van der Waals surface area contributed by atoms with Crippen molar-refractivity contribution in [3.8, 4) is 0 Å². The molecule has 0 bridgehead atoms. The van der Waals surface area contributed by atoms with Gasteiger partial charge in [0.05, 0.1) is 22.8 Å². The van der Waals surface area contributed by atoms with Crippen molar-refractivity contribution in [1.82, 2.24) is 10.3 Å². The number of benzene rings is 3. The Kier molecular flexibility index (Phi) is 4.78. The maximum absolute atomic E-state index is 14.2. The highest BCUT2D eigenvalue weighted by atomic mass is 35.5. The van der Waals surface area contributed by atoms with E-state index in [1.165, 1.54) is 30.3 Å². The summed E-state index contributed by atoms with van der Waals surface area (Å²) in [6, 6.07) is 12.5. The van der Waals surface area contributed by atoms with Gasteiger partial charge in [-0.3, -0.25) is 14.7 Å². The number of nitrogens with one attached hydrogen (secondary N) is 2. The van der Waals surface area contributed by atoms with Crippen LogP contribution >= 0.6 is 11.6 Å². The first-order valence-corrected chi connectivity index (χ1v) is 12.4. The average molecular weight is 517 g/mol. The second kappa shape index (κ2) is 7.98. The zero-order valence-electron chi connectivity index (χ0n) is 19.3. The Balaban J connectivity index is 1.36. The van der Waals surface area contributed by atoms with E-state index in [1.807, 2.05) is 0 Å². The molecule has 1 saturated carbocycles. The lowest BCUT2D eigenvalue weighted by Crippen LogP contribution is -2.46. The van der Waals surface area contributed by atoms with Crippen LogP contribution in [0, 0.1) is 11.6 Å². The number of urea groups is 1. The summed E-state index contributed by atoms with van der Waals surface area (Å²) in [5.41, 5.74) is 3.66. The maximum Gasteiger partial charge on any atom is 0.326 e. The molecule has 9 heteroatoms. The Labute approximate surface area is 215 Å². The van der Waals surface area contributed by atoms with Crippen molar-refractivity contribution >= 4 is 45.8 Å². The van der Waals surface area contributed by atoms with Gasteiger partial charge in [-0.05, 0) is 66.9 Å². The summed E-state index contributed by atoms with van der Waals surface area (Å²) in [6.07, 6.45) is 3.31. The van der Waals surface area contributed by atoms with E-state index < -0.39 is 11.9 Å². The fraction of sp³-hybridized carbons (Fsp3) is 0.179. The summed E-state index contributed by atoms with van der Waals surface area (Å²) < 4.78 is 28.2. The zero-order chi connectivity index (χ0) is 25.4. The van der Waals surface area contributed by atoms with Crippen LogP contribution in [-0.2, 0) is 0 Å². The highest BCUT2D eigenvalue weighted by molar-refractivity contribution is 6.31. The van der Waals surface area contributed by atoms with Crippen LogP contribution in [0.2, 0.25) is 5.02 Å². The van der Waals surface area contributed by atoms with Crippen LogP contribution < -0.4 is 15.5 Å². The SMILES string of the molecule is O=C1NC(c2cc(F)ccc2Cl)c2c(NC(=O)N3c4ccc(F)cc4C4CCC43)cc3ncccc3c21. The zero-order valence-corrected chi connectivity index (χ0v) is 20.0. The van der Waals surface area contributed by atoms with Crippen LogP contribution in [0.3, 0.4) is 0 Å². The number of halogens is 3. The van der Waals surface area contributed by atoms with Gasteiger partial charge in [0.15, 0.2) is 0 Å². The van der Waals surface area contributed by atoms with E-state index in [0.29, 0.717) is 39.0 Å². The smallest absolute Gasteiger partial charge is 0.326 e. The summed E-state index contributed by atoms with van der Waals surface area (Å²) in [5.74, 6) is -1.09. The van der Waals surface area contributed by atoms with E-state index in [9.17, 15) is 18.4 Å². The molecule has 1 aromatic heterocycles. The number of aromatic nitrogens is 1. The Morgan fingerprint density at radius 2 is 1.84 bits per heavy atom. The molecule has 6 nitrogen and oxygen atoms in total. The number of hydrogen-bond donors (Lipinski definition) is 2. The van der Waals surface area contributed by atoms with Gasteiger partial charge < -0.3 is 10.6 Å². The number of rotatable bonds is 2. The molecule has 3 amide bonds. The van der Waals surface area contributed by atoms with Crippen LogP contribution in [-0.4, -0.2) is 23.0 Å². The first-order chi connectivity index (χ1) is 17.9. The van der Waals surface area contributed by atoms with Gasteiger partial charge in [0.1, 0.15) is 11.6 Å². The molecule has 1 aliphatic carbocycles. The molecule has 3 atom stereocenters. The summed E-state index contributed by atoms with van der Waals surface area (Å²) in [7, 11) is 0. The maximum atomic E-state index is 14.2. The first-order valence-electron chi connectivity index (χ1n) is 12.0. The van der Waals surface area contributed by atoms with Crippen molar-refractivity contribution in [2.75, 3.05) is 10.2 Å². The molecule has 0 saturated heterocycles. The van der Waals surface area contributed by atoms with Gasteiger partial charge in [-0.2, -0.15) is 0 Å². The van der Waals surface area contributed by atoms with Crippen LogP contribution in [0.15, 0.2) is 60.8 Å². The minimum Gasteiger partial charge on any atom is -0.341 e. The fourth-order valence-electron chi connectivity index (χ4n) is 5.94. The monoisotopic (exact) mass is 516 g/mol. The molecule has 4 aromatic rings. The molecule has 0 spiro atoms. The summed E-state index contributed by atoms with van der Waals surface area (Å²) in [6.45, 7) is 0. The Bertz CT molecular complexity index is 1660. The molecule has 184 valence electrons. The van der Waals surface area contributed by atoms with Gasteiger partial charge >= 0.3 is 6.03 Å². The topological polar surface area (TPSA) is 74.3 Å². The third-order valence-electron chi connectivity index (χ3n) is 7.69. The second-order valence-electron chi connectivity index (χ2n) is 9.61. The average Bonchev–Trinajstić information content (AvgIpc) is 3.31. The molecule has 2 N–H and O–H groups in total. The third kappa shape index (κ3) is 3.25. The van der Waals surface area contributed by atoms with E-state index in [-0.39, 0.29) is 34.7 Å². The Hall–Kier alpha value is -4.04. The quantitative estimate of drug-likeness (QED) is 0.328. The molecule has 1 fully saturated rings. The van der Waals surface area contributed by atoms with Crippen molar-refractivity contribution in [3.63, 3.8) is 0 Å². The molecular formula is C28H19ClF2N4O2. The lowest BCUT2D eigenvalue weighted by molar-refractivity contribution is 0.0962. The van der Waals surface area contributed by atoms with Crippen LogP contribution in [0.4, 0.5) is 25.0 Å². The molecule has 0 radical (unpaired) electrons. The number of hydrogen-bond acceptors (Lipinski definition) is 3. The summed E-state index contributed by atoms with van der Waals surface area (Å²) in [5, 5.41) is 6.80. The Morgan fingerprint density at radius 1 is 1.05 bits per heavy atom. The van der Waals surface area contributed by atoms with Crippen LogP contribution in [0.25, 0.3) is 10.9 Å². The molecule has 3 aromatic carbocycles. The van der Waals surface area contributed by atoms with Crippen molar-refractivity contribution in [2.24, 2.45) is 0 Å². The Morgan fingerprint density at radius 3 is 2.62 bits per heavy atom. The van der Waals surface area contributed by atoms with Crippen LogP contribution in [0.1, 0.15) is 51.8 Å². The number of amides is 3. The van der Waals surface area contributed by atoms with E-state index >= 15 is 0 Å². The lowest BCUT2D eigenvalue weighted by Gasteiger charge is -2.36. The standard InChI is InChI=1S/C28H19ClF2N4O2/c29-19-6-3-13(30)11-18(19)26-25-21(12-20-16(2-1-9-32-20)24(25)27(36)34-26)33-28(37)35-22-8-5-15(22)17-10-14(31)4-7-23(17)35/h1-4,6-7,9-12,15,22,26H,5,8H2,(H,33,37)(H,34,36). The van der Waals surface area contributed by atoms with Crippen molar-refractivity contribution in [2.45, 2.75) is 30.8 Å². The van der Waals surface area contributed by atoms with Gasteiger partial charge in [-0.15, -0.1) is 0 Å². The second-order valence-corrected chi connectivity index (χ2v) is 10.0. The van der Waals surface area contributed by atoms with E-state index in [2.05, 4.69) is 15.6 Å². The van der Waals surface area contributed by atoms with Gasteiger partial charge in [-0.25, -0.2) is 13.6 Å². The number of nitrogens with zero attached hydrogens (tertiary/aromatic N) is 2. The largest absolute Gasteiger partial charge is 0.341 e. The van der Waals surface area contributed by atoms with E-state index in [1.54, 1.807) is 35.4 Å². The van der Waals surface area contributed by atoms with Gasteiger partial charge in [0.2, 0.25) is 0 Å². The van der Waals surface area contributed by atoms with Gasteiger partial charge in [0.25, 0.3) is 5.91 Å². The molecular weight excluding hydrogens is 498 g/mol. The molecule has 37 heavy (non-hydrogen) atoms. The number of anilines is 2. The molecule has 7 rings (SSSR count). The molecule has 3 aliphatic rings. The predicted molar refractivity (Wildman–Crippen MR) is 136 cm³/mol.